The quantitative estimate of drug-likeness (QED) is 0.503. The number of hydrogen-bond acceptors (Lipinski definition) is 8. The van der Waals surface area contributed by atoms with Crippen LogP contribution in [-0.2, 0) is 24.7 Å². The SMILES string of the molecule is COCCOCCOCCOCCSCc1cc(=O)c(O)co1. The summed E-state index contributed by atoms with van der Waals surface area (Å²) in [5.41, 5.74) is -0.425. The van der Waals surface area contributed by atoms with Crippen LogP contribution in [0.4, 0.5) is 0 Å². The summed E-state index contributed by atoms with van der Waals surface area (Å²) in [4.78, 5) is 11.2. The van der Waals surface area contributed by atoms with Crippen LogP contribution in [0.1, 0.15) is 5.76 Å². The molecule has 0 saturated carbocycles. The predicted octanol–water partition coefficient (Wildman–Crippen LogP) is 1.27. The minimum atomic E-state index is -0.425. The molecule has 0 aliphatic heterocycles. The maximum atomic E-state index is 11.2. The average Bonchev–Trinajstić information content (AvgIpc) is 2.55. The number of methoxy groups -OCH3 is 1. The second kappa shape index (κ2) is 13.4. The Hall–Kier alpha value is -1.06. The molecular formula is C15H24O7S. The number of ether oxygens (including phenoxy) is 4. The lowest BCUT2D eigenvalue weighted by Gasteiger charge is -2.06. The maximum absolute atomic E-state index is 11.2. The molecule has 0 spiro atoms. The molecular weight excluding hydrogens is 324 g/mol. The second-order valence-electron chi connectivity index (χ2n) is 4.48. The van der Waals surface area contributed by atoms with Gasteiger partial charge in [-0.1, -0.05) is 0 Å². The van der Waals surface area contributed by atoms with Gasteiger partial charge in [-0.15, -0.1) is 0 Å². The zero-order valence-corrected chi connectivity index (χ0v) is 14.1. The Morgan fingerprint density at radius 3 is 2.26 bits per heavy atom. The van der Waals surface area contributed by atoms with E-state index in [1.54, 1.807) is 18.9 Å². The zero-order chi connectivity index (χ0) is 16.8. The fourth-order valence-electron chi connectivity index (χ4n) is 1.49. The summed E-state index contributed by atoms with van der Waals surface area (Å²) in [6.45, 7) is 3.93. The monoisotopic (exact) mass is 348 g/mol. The van der Waals surface area contributed by atoms with Crippen LogP contribution >= 0.6 is 11.8 Å². The van der Waals surface area contributed by atoms with Gasteiger partial charge in [0, 0.05) is 18.9 Å². The van der Waals surface area contributed by atoms with Crippen LogP contribution in [0.15, 0.2) is 21.5 Å². The molecule has 132 valence electrons. The van der Waals surface area contributed by atoms with Crippen LogP contribution in [0.5, 0.6) is 5.75 Å². The predicted molar refractivity (Wildman–Crippen MR) is 87.1 cm³/mol. The minimum absolute atomic E-state index is 0.369. The van der Waals surface area contributed by atoms with E-state index < -0.39 is 5.43 Å². The molecule has 0 amide bonds. The van der Waals surface area contributed by atoms with Gasteiger partial charge < -0.3 is 28.5 Å². The van der Waals surface area contributed by atoms with Crippen molar-refractivity contribution < 1.29 is 28.5 Å². The van der Waals surface area contributed by atoms with E-state index >= 15 is 0 Å². The van der Waals surface area contributed by atoms with Gasteiger partial charge in [0.2, 0.25) is 5.43 Å². The van der Waals surface area contributed by atoms with Gasteiger partial charge in [0.05, 0.1) is 52.0 Å². The second-order valence-corrected chi connectivity index (χ2v) is 5.58. The molecule has 0 radical (unpaired) electrons. The van der Waals surface area contributed by atoms with Crippen LogP contribution < -0.4 is 5.43 Å². The number of rotatable bonds is 14. The van der Waals surface area contributed by atoms with Crippen molar-refractivity contribution in [1.82, 2.24) is 0 Å². The van der Waals surface area contributed by atoms with Crippen LogP contribution in [0.25, 0.3) is 0 Å². The summed E-state index contributed by atoms with van der Waals surface area (Å²) >= 11 is 1.59. The summed E-state index contributed by atoms with van der Waals surface area (Å²) in [5, 5.41) is 9.07. The van der Waals surface area contributed by atoms with Crippen molar-refractivity contribution in [3.8, 4) is 5.75 Å². The van der Waals surface area contributed by atoms with E-state index in [2.05, 4.69) is 0 Å². The average molecular weight is 348 g/mol. The molecule has 0 aliphatic carbocycles. The fraction of sp³-hybridized carbons (Fsp3) is 0.667. The summed E-state index contributed by atoms with van der Waals surface area (Å²) in [6, 6.07) is 1.30. The first-order valence-electron chi connectivity index (χ1n) is 7.34. The summed E-state index contributed by atoms with van der Waals surface area (Å²) in [6.07, 6.45) is 1.06. The van der Waals surface area contributed by atoms with Crippen molar-refractivity contribution >= 4 is 11.8 Å². The molecule has 8 heteroatoms. The van der Waals surface area contributed by atoms with E-state index in [4.69, 9.17) is 28.5 Å². The molecule has 0 aliphatic rings. The third-order valence-electron chi connectivity index (χ3n) is 2.66. The Morgan fingerprint density at radius 2 is 1.65 bits per heavy atom. The van der Waals surface area contributed by atoms with Gasteiger partial charge in [0.1, 0.15) is 12.0 Å². The number of thioether (sulfide) groups is 1. The Labute approximate surface area is 139 Å². The molecule has 0 atom stereocenters. The first kappa shape index (κ1) is 20.0. The lowest BCUT2D eigenvalue weighted by Crippen LogP contribution is -2.12. The van der Waals surface area contributed by atoms with Gasteiger partial charge in [-0.25, -0.2) is 0 Å². The first-order valence-corrected chi connectivity index (χ1v) is 8.50. The van der Waals surface area contributed by atoms with E-state index in [0.717, 1.165) is 12.0 Å². The fourth-order valence-corrected chi connectivity index (χ4v) is 2.23. The van der Waals surface area contributed by atoms with E-state index in [0.29, 0.717) is 57.8 Å². The number of hydrogen-bond donors (Lipinski definition) is 1. The van der Waals surface area contributed by atoms with E-state index in [-0.39, 0.29) is 5.75 Å². The summed E-state index contributed by atoms with van der Waals surface area (Å²) in [7, 11) is 1.63. The molecule has 23 heavy (non-hydrogen) atoms. The van der Waals surface area contributed by atoms with E-state index in [1.807, 2.05) is 0 Å². The highest BCUT2D eigenvalue weighted by atomic mass is 32.2. The molecule has 0 saturated heterocycles. The van der Waals surface area contributed by atoms with Crippen molar-refractivity contribution in [2.24, 2.45) is 0 Å². The molecule has 0 unspecified atom stereocenters. The molecule has 1 heterocycles. The van der Waals surface area contributed by atoms with Crippen molar-refractivity contribution in [3.05, 3.63) is 28.3 Å². The van der Waals surface area contributed by atoms with Crippen molar-refractivity contribution in [1.29, 1.82) is 0 Å². The van der Waals surface area contributed by atoms with Gasteiger partial charge >= 0.3 is 0 Å². The Morgan fingerprint density at radius 1 is 1.04 bits per heavy atom. The highest BCUT2D eigenvalue weighted by Gasteiger charge is 2.01. The summed E-state index contributed by atoms with van der Waals surface area (Å²) in [5.74, 6) is 1.51. The zero-order valence-electron chi connectivity index (χ0n) is 13.3. The molecule has 0 bridgehead atoms. The van der Waals surface area contributed by atoms with E-state index in [9.17, 15) is 4.79 Å². The van der Waals surface area contributed by atoms with Gasteiger partial charge in [-0.2, -0.15) is 11.8 Å². The van der Waals surface area contributed by atoms with Crippen LogP contribution in [0, 0.1) is 0 Å². The third kappa shape index (κ3) is 10.4. The lowest BCUT2D eigenvalue weighted by molar-refractivity contribution is 0.00565. The Balaban J connectivity index is 1.86. The van der Waals surface area contributed by atoms with Crippen molar-refractivity contribution in [3.63, 3.8) is 0 Å². The standard InChI is InChI=1S/C15H24O7S/c1-18-2-3-19-4-5-20-6-7-21-8-9-23-12-13-10-14(16)15(17)11-22-13/h10-11,17H,2-9,12H2,1H3. The van der Waals surface area contributed by atoms with Gasteiger partial charge in [-0.05, 0) is 0 Å². The minimum Gasteiger partial charge on any atom is -0.502 e. The van der Waals surface area contributed by atoms with Gasteiger partial charge in [0.25, 0.3) is 0 Å². The molecule has 1 aromatic rings. The normalized spacial score (nSPS) is 11.0. The first-order chi connectivity index (χ1) is 11.2. The van der Waals surface area contributed by atoms with Gasteiger partial charge in [0.15, 0.2) is 5.75 Å². The van der Waals surface area contributed by atoms with Crippen LogP contribution in [-0.4, -0.2) is 64.2 Å². The molecule has 0 aromatic carbocycles. The number of aromatic hydroxyl groups is 1. The van der Waals surface area contributed by atoms with Crippen molar-refractivity contribution in [2.45, 2.75) is 5.75 Å². The Bertz CT molecular complexity index is 463. The summed E-state index contributed by atoms with van der Waals surface area (Å²) < 4.78 is 26.0. The highest BCUT2D eigenvalue weighted by molar-refractivity contribution is 7.98. The maximum Gasteiger partial charge on any atom is 0.226 e. The highest BCUT2D eigenvalue weighted by Crippen LogP contribution is 2.12. The molecule has 1 rings (SSSR count). The van der Waals surface area contributed by atoms with Gasteiger partial charge in [-0.3, -0.25) is 4.79 Å². The Kier molecular flexibility index (Phi) is 11.6. The van der Waals surface area contributed by atoms with Crippen LogP contribution in [0.2, 0.25) is 0 Å². The van der Waals surface area contributed by atoms with Crippen LogP contribution in [0.3, 0.4) is 0 Å². The smallest absolute Gasteiger partial charge is 0.226 e. The van der Waals surface area contributed by atoms with Crippen molar-refractivity contribution in [2.75, 3.05) is 59.1 Å². The lowest BCUT2D eigenvalue weighted by atomic mass is 10.4. The van der Waals surface area contributed by atoms with E-state index in [1.165, 1.54) is 6.07 Å². The molecule has 1 aromatic heterocycles. The topological polar surface area (TPSA) is 87.4 Å². The molecule has 0 fully saturated rings. The molecule has 1 N–H and O–H groups in total. The third-order valence-corrected chi connectivity index (χ3v) is 3.60. The largest absolute Gasteiger partial charge is 0.502 e. The molecule has 7 nitrogen and oxygen atoms in total.